The zero-order chi connectivity index (χ0) is 7.11. The van der Waals surface area contributed by atoms with E-state index in [1.54, 1.807) is 0 Å². The maximum atomic E-state index is 5.13. The van der Waals surface area contributed by atoms with Gasteiger partial charge in [-0.15, -0.1) is 6.42 Å². The molecule has 0 fully saturated rings. The molecule has 0 saturated carbocycles. The van der Waals surface area contributed by atoms with E-state index in [9.17, 15) is 0 Å². The van der Waals surface area contributed by atoms with E-state index in [0.29, 0.717) is 6.61 Å². The van der Waals surface area contributed by atoms with Crippen molar-refractivity contribution in [1.82, 2.24) is 5.32 Å². The average Bonchev–Trinajstić information content (AvgIpc) is 1.91. The molecule has 2 heteroatoms. The van der Waals surface area contributed by atoms with Crippen LogP contribution in [0.4, 0.5) is 0 Å². The number of likely N-dealkylation sites (N-methyl/N-ethyl adjacent to an activating group) is 1. The second-order valence-corrected chi connectivity index (χ2v) is 1.67. The fourth-order valence-electron chi connectivity index (χ4n) is 0.450. The fourth-order valence-corrected chi connectivity index (χ4v) is 0.450. The van der Waals surface area contributed by atoms with Crippen LogP contribution in [0.3, 0.4) is 0 Å². The second-order valence-electron chi connectivity index (χ2n) is 1.67. The van der Waals surface area contributed by atoms with Crippen LogP contribution in [0.15, 0.2) is 0 Å². The highest BCUT2D eigenvalue weighted by atomic mass is 16.5. The molecular formula is C7H13NO. The molecule has 0 aliphatic rings. The summed E-state index contributed by atoms with van der Waals surface area (Å²) in [6, 6.07) is 0.0601. The summed E-state index contributed by atoms with van der Waals surface area (Å²) >= 11 is 0. The molecule has 2 nitrogen and oxygen atoms in total. The molecule has 0 aliphatic carbocycles. The number of ether oxygens (including phenoxy) is 1. The lowest BCUT2D eigenvalue weighted by Gasteiger charge is -2.07. The molecule has 0 rings (SSSR count). The Bertz CT molecular complexity index is 95.6. The molecule has 1 N–H and O–H groups in total. The Labute approximate surface area is 56.6 Å². The van der Waals surface area contributed by atoms with Gasteiger partial charge in [0.2, 0.25) is 0 Å². The van der Waals surface area contributed by atoms with Crippen LogP contribution in [0.1, 0.15) is 6.92 Å². The van der Waals surface area contributed by atoms with Crippen molar-refractivity contribution in [2.75, 3.05) is 20.3 Å². The van der Waals surface area contributed by atoms with E-state index in [4.69, 9.17) is 11.2 Å². The maximum absolute atomic E-state index is 5.13. The van der Waals surface area contributed by atoms with Gasteiger partial charge < -0.3 is 10.1 Å². The molecule has 0 saturated heterocycles. The third kappa shape index (κ3) is 4.01. The molecule has 52 valence electrons. The summed E-state index contributed by atoms with van der Waals surface area (Å²) in [5.41, 5.74) is 0. The Morgan fingerprint density at radius 2 is 2.44 bits per heavy atom. The van der Waals surface area contributed by atoms with Crippen LogP contribution in [-0.2, 0) is 4.74 Å². The van der Waals surface area contributed by atoms with E-state index in [1.807, 2.05) is 14.0 Å². The number of rotatable bonds is 4. The predicted molar refractivity (Wildman–Crippen MR) is 38.2 cm³/mol. The van der Waals surface area contributed by atoms with Gasteiger partial charge in [-0.1, -0.05) is 5.92 Å². The number of hydrogen-bond donors (Lipinski definition) is 1. The lowest BCUT2D eigenvalue weighted by Crippen LogP contribution is -2.28. The summed E-state index contributed by atoms with van der Waals surface area (Å²) in [5, 5.41) is 2.93. The highest BCUT2D eigenvalue weighted by Gasteiger charge is 1.97. The molecule has 9 heavy (non-hydrogen) atoms. The van der Waals surface area contributed by atoms with Crippen LogP contribution < -0.4 is 5.32 Å². The first-order chi connectivity index (χ1) is 4.35. The molecule has 1 atom stereocenters. The molecule has 0 heterocycles. The minimum absolute atomic E-state index is 0.0601. The van der Waals surface area contributed by atoms with E-state index in [2.05, 4.69) is 11.2 Å². The summed E-state index contributed by atoms with van der Waals surface area (Å²) < 4.78 is 5.07. The molecular weight excluding hydrogens is 114 g/mol. The Morgan fingerprint density at radius 3 is 2.78 bits per heavy atom. The lowest BCUT2D eigenvalue weighted by atomic mass is 10.3. The average molecular weight is 127 g/mol. The van der Waals surface area contributed by atoms with Crippen molar-refractivity contribution in [3.63, 3.8) is 0 Å². The third-order valence-corrected chi connectivity index (χ3v) is 1.04. The topological polar surface area (TPSA) is 21.3 Å². The zero-order valence-electron chi connectivity index (χ0n) is 5.98. The van der Waals surface area contributed by atoms with Gasteiger partial charge in [0.05, 0.1) is 12.6 Å². The van der Waals surface area contributed by atoms with Crippen molar-refractivity contribution in [2.45, 2.75) is 13.0 Å². The van der Waals surface area contributed by atoms with Gasteiger partial charge in [-0.2, -0.15) is 0 Å². The van der Waals surface area contributed by atoms with Gasteiger partial charge >= 0.3 is 0 Å². The number of hydrogen-bond acceptors (Lipinski definition) is 2. The summed E-state index contributed by atoms with van der Waals surface area (Å²) in [4.78, 5) is 0. The van der Waals surface area contributed by atoms with Gasteiger partial charge in [-0.25, -0.2) is 0 Å². The van der Waals surface area contributed by atoms with E-state index >= 15 is 0 Å². The van der Waals surface area contributed by atoms with Gasteiger partial charge in [-0.05, 0) is 14.0 Å². The van der Waals surface area contributed by atoms with Crippen LogP contribution in [0.5, 0.6) is 0 Å². The van der Waals surface area contributed by atoms with Gasteiger partial charge in [0.1, 0.15) is 0 Å². The van der Waals surface area contributed by atoms with Gasteiger partial charge in [0.15, 0.2) is 0 Å². The van der Waals surface area contributed by atoms with Crippen LogP contribution in [0, 0.1) is 12.3 Å². The van der Waals surface area contributed by atoms with Crippen LogP contribution in [0.25, 0.3) is 0 Å². The molecule has 0 radical (unpaired) electrons. The van der Waals surface area contributed by atoms with E-state index in [-0.39, 0.29) is 6.04 Å². The van der Waals surface area contributed by atoms with Crippen molar-refractivity contribution in [2.24, 2.45) is 0 Å². The van der Waals surface area contributed by atoms with E-state index in [1.165, 1.54) is 0 Å². The van der Waals surface area contributed by atoms with Crippen molar-refractivity contribution in [1.29, 1.82) is 0 Å². The highest BCUT2D eigenvalue weighted by molar-refractivity contribution is 4.97. The second kappa shape index (κ2) is 5.61. The van der Waals surface area contributed by atoms with Crippen molar-refractivity contribution in [3.05, 3.63) is 0 Å². The molecule has 0 aromatic heterocycles. The van der Waals surface area contributed by atoms with Crippen LogP contribution >= 0.6 is 0 Å². The van der Waals surface area contributed by atoms with Crippen LogP contribution in [0.2, 0.25) is 0 Å². The molecule has 1 unspecified atom stereocenters. The quantitative estimate of drug-likeness (QED) is 0.546. The zero-order valence-corrected chi connectivity index (χ0v) is 5.98. The van der Waals surface area contributed by atoms with Crippen molar-refractivity contribution >= 4 is 0 Å². The fraction of sp³-hybridized carbons (Fsp3) is 0.714. The largest absolute Gasteiger partial charge is 0.379 e. The van der Waals surface area contributed by atoms with E-state index < -0.39 is 0 Å². The lowest BCUT2D eigenvalue weighted by molar-refractivity contribution is 0.138. The molecule has 0 amide bonds. The first kappa shape index (κ1) is 8.48. The third-order valence-electron chi connectivity index (χ3n) is 1.04. The minimum atomic E-state index is 0.0601. The number of terminal acetylenes is 1. The maximum Gasteiger partial charge on any atom is 0.0921 e. The normalized spacial score (nSPS) is 12.6. The summed E-state index contributed by atoms with van der Waals surface area (Å²) in [5.74, 6) is 2.55. The van der Waals surface area contributed by atoms with Gasteiger partial charge in [0, 0.05) is 6.61 Å². The molecule has 0 spiro atoms. The van der Waals surface area contributed by atoms with Crippen LogP contribution in [-0.4, -0.2) is 26.3 Å². The molecule has 0 bridgehead atoms. The first-order valence-electron chi connectivity index (χ1n) is 3.06. The highest BCUT2D eigenvalue weighted by Crippen LogP contribution is 1.80. The smallest absolute Gasteiger partial charge is 0.0921 e. The standard InChI is InChI=1S/C7H13NO/c1-4-7(8-3)6-9-5-2/h1,7-8H,5-6H2,2-3H3. The number of nitrogens with one attached hydrogen (secondary N) is 1. The Kier molecular flexibility index (Phi) is 5.29. The Hall–Kier alpha value is -0.520. The first-order valence-corrected chi connectivity index (χ1v) is 3.06. The molecule has 0 aliphatic heterocycles. The Balaban J connectivity index is 3.23. The van der Waals surface area contributed by atoms with Crippen molar-refractivity contribution < 1.29 is 4.74 Å². The summed E-state index contributed by atoms with van der Waals surface area (Å²) in [6.45, 7) is 3.27. The SMILES string of the molecule is C#CC(COCC)NC. The summed E-state index contributed by atoms with van der Waals surface area (Å²) in [6.07, 6.45) is 5.13. The Morgan fingerprint density at radius 1 is 1.78 bits per heavy atom. The minimum Gasteiger partial charge on any atom is -0.379 e. The molecule has 0 aromatic rings. The molecule has 0 aromatic carbocycles. The van der Waals surface area contributed by atoms with E-state index in [0.717, 1.165) is 6.61 Å². The van der Waals surface area contributed by atoms with Gasteiger partial charge in [-0.3, -0.25) is 0 Å². The van der Waals surface area contributed by atoms with Crippen molar-refractivity contribution in [3.8, 4) is 12.3 Å². The summed E-state index contributed by atoms with van der Waals surface area (Å²) in [7, 11) is 1.82. The predicted octanol–water partition coefficient (Wildman–Crippen LogP) is 0.244. The van der Waals surface area contributed by atoms with Gasteiger partial charge in [0.25, 0.3) is 0 Å². The monoisotopic (exact) mass is 127 g/mol.